The largest absolute Gasteiger partial charge is 0.349 e. The lowest BCUT2D eigenvalue weighted by molar-refractivity contribution is -0.144. The number of carbonyl (C=O) groups excluding carboxylic acids is 5. The molecule has 5 amide bonds. The van der Waals surface area contributed by atoms with Crippen molar-refractivity contribution in [3.8, 4) is 0 Å². The van der Waals surface area contributed by atoms with E-state index in [-0.39, 0.29) is 41.4 Å². The highest BCUT2D eigenvalue weighted by atomic mass is 32.2. The van der Waals surface area contributed by atoms with Crippen molar-refractivity contribution >= 4 is 39.6 Å². The van der Waals surface area contributed by atoms with Crippen molar-refractivity contribution in [3.05, 3.63) is 35.4 Å². The summed E-state index contributed by atoms with van der Waals surface area (Å²) < 4.78 is 26.5. The highest BCUT2D eigenvalue weighted by molar-refractivity contribution is 7.89. The summed E-state index contributed by atoms with van der Waals surface area (Å²) >= 11 is 0. The van der Waals surface area contributed by atoms with Crippen molar-refractivity contribution < 1.29 is 32.4 Å². The lowest BCUT2D eigenvalue weighted by Gasteiger charge is -2.37. The van der Waals surface area contributed by atoms with Crippen LogP contribution < -0.4 is 21.3 Å². The molecule has 13 nitrogen and oxygen atoms in total. The molecule has 54 heavy (non-hydrogen) atoms. The fraction of sp³-hybridized carbons (Fsp3) is 0.725. The van der Waals surface area contributed by atoms with E-state index >= 15 is 0 Å². The maximum absolute atomic E-state index is 14.9. The summed E-state index contributed by atoms with van der Waals surface area (Å²) in [6.45, 7) is 14.3. The number of ketones is 1. The minimum Gasteiger partial charge on any atom is -0.349 e. The molecule has 1 unspecified atom stereocenters. The van der Waals surface area contributed by atoms with Crippen LogP contribution in [0.5, 0.6) is 0 Å². The van der Waals surface area contributed by atoms with Gasteiger partial charge >= 0.3 is 6.03 Å². The second kappa shape index (κ2) is 16.3. The smallest absolute Gasteiger partial charge is 0.315 e. The van der Waals surface area contributed by atoms with Gasteiger partial charge in [-0.2, -0.15) is 0 Å². The van der Waals surface area contributed by atoms with Gasteiger partial charge in [0.25, 0.3) is 5.91 Å². The van der Waals surface area contributed by atoms with Crippen LogP contribution in [0.2, 0.25) is 0 Å². The van der Waals surface area contributed by atoms with Crippen LogP contribution in [0, 0.1) is 34.5 Å². The molecule has 1 saturated heterocycles. The van der Waals surface area contributed by atoms with Crippen LogP contribution in [0.25, 0.3) is 0 Å². The zero-order valence-electron chi connectivity index (χ0n) is 33.4. The third kappa shape index (κ3) is 9.29. The lowest BCUT2D eigenvalue weighted by Crippen LogP contribution is -2.61. The number of nitrogens with zero attached hydrogens (tertiary/aromatic N) is 2. The molecule has 3 aliphatic carbocycles. The first-order valence-corrected chi connectivity index (χ1v) is 21.4. The third-order valence-electron chi connectivity index (χ3n) is 12.4. The van der Waals surface area contributed by atoms with E-state index in [0.717, 1.165) is 30.4 Å². The fourth-order valence-corrected chi connectivity index (χ4v) is 9.23. The highest BCUT2D eigenvalue weighted by Gasteiger charge is 2.70. The van der Waals surface area contributed by atoms with Crippen molar-refractivity contribution in [2.24, 2.45) is 34.5 Å². The van der Waals surface area contributed by atoms with E-state index in [0.29, 0.717) is 44.7 Å². The molecule has 1 aromatic rings. The van der Waals surface area contributed by atoms with Crippen LogP contribution in [0.15, 0.2) is 24.3 Å². The number of amides is 5. The molecule has 14 heteroatoms. The zero-order valence-corrected chi connectivity index (χ0v) is 34.2. The van der Waals surface area contributed by atoms with Gasteiger partial charge in [-0.3, -0.25) is 19.2 Å². The predicted octanol–water partition coefficient (Wildman–Crippen LogP) is 3.02. The molecule has 1 aromatic carbocycles. The van der Waals surface area contributed by atoms with Crippen LogP contribution >= 0.6 is 0 Å². The summed E-state index contributed by atoms with van der Waals surface area (Å²) in [5.41, 5.74) is 1.46. The number of piperidine rings is 1. The Labute approximate surface area is 321 Å². The molecule has 300 valence electrons. The first kappa shape index (κ1) is 41.6. The SMILES string of the molecule is CCCCC(NC(=O)[C@@H]1[C@@H]2[C@H](CN1C(=O)[C@@H](NC(=O)N[C@H](CN(C)S(=O)(=O)CC)C(C)(C)C)C1Cc3ccccc3C1)C2(C)C)C(=O)C(=O)NCC1CC1. The Kier molecular flexibility index (Phi) is 12.6. The molecule has 6 atom stereocenters. The molecule has 3 fully saturated rings. The van der Waals surface area contributed by atoms with Gasteiger partial charge in [-0.05, 0) is 84.7 Å². The summed E-state index contributed by atoms with van der Waals surface area (Å²) in [4.78, 5) is 71.0. The molecule has 0 bridgehead atoms. The average Bonchev–Trinajstić information content (AvgIpc) is 3.89. The van der Waals surface area contributed by atoms with E-state index < -0.39 is 63.2 Å². The molecule has 2 saturated carbocycles. The fourth-order valence-electron chi connectivity index (χ4n) is 8.41. The van der Waals surface area contributed by atoms with Crippen molar-refractivity contribution in [3.63, 3.8) is 0 Å². The van der Waals surface area contributed by atoms with Crippen molar-refractivity contribution in [1.29, 1.82) is 0 Å². The van der Waals surface area contributed by atoms with Gasteiger partial charge in [0.15, 0.2) is 0 Å². The number of rotatable bonds is 17. The quantitative estimate of drug-likeness (QED) is 0.176. The van der Waals surface area contributed by atoms with Gasteiger partial charge in [-0.15, -0.1) is 0 Å². The number of sulfonamides is 1. The number of urea groups is 1. The Morgan fingerprint density at radius 1 is 0.981 bits per heavy atom. The van der Waals surface area contributed by atoms with Gasteiger partial charge in [0.1, 0.15) is 12.1 Å². The second-order valence-electron chi connectivity index (χ2n) is 17.7. The lowest BCUT2D eigenvalue weighted by atomic mass is 9.86. The number of hydrogen-bond acceptors (Lipinski definition) is 7. The molecule has 0 aromatic heterocycles. The van der Waals surface area contributed by atoms with E-state index in [1.54, 1.807) is 11.8 Å². The van der Waals surface area contributed by atoms with Crippen LogP contribution in [0.3, 0.4) is 0 Å². The van der Waals surface area contributed by atoms with E-state index in [2.05, 4.69) is 35.1 Å². The molecule has 1 heterocycles. The summed E-state index contributed by atoms with van der Waals surface area (Å²) in [6, 6.07) is 3.88. The molecule has 5 rings (SSSR count). The van der Waals surface area contributed by atoms with E-state index in [9.17, 15) is 32.4 Å². The maximum Gasteiger partial charge on any atom is 0.315 e. The van der Waals surface area contributed by atoms with Gasteiger partial charge < -0.3 is 26.2 Å². The number of nitrogens with one attached hydrogen (secondary N) is 4. The second-order valence-corrected chi connectivity index (χ2v) is 20.1. The Hall–Kier alpha value is -3.52. The van der Waals surface area contributed by atoms with Gasteiger partial charge in [0, 0.05) is 32.7 Å². The monoisotopic (exact) mass is 770 g/mol. The normalized spacial score (nSPS) is 23.5. The Bertz CT molecular complexity index is 1680. The maximum atomic E-state index is 14.9. The standard InChI is InChI=1S/C40H62N6O7S/c1-9-11-16-29(34(47)36(49)41-21-24-17-18-24)42-35(48)33-31-28(40(31,6)7)22-46(33)37(50)32(27-19-25-14-12-13-15-26(25)20-27)44-38(51)43-30(39(3,4)5)23-45(8)54(52,53)10-2/h12-15,24,27-33H,9-11,16-23H2,1-8H3,(H,41,49)(H,42,48)(H2,43,44,51)/t28-,29?,30+,31-,32-,33-/m0/s1. The van der Waals surface area contributed by atoms with Crippen LogP contribution in [0.4, 0.5) is 4.79 Å². The molecule has 0 radical (unpaired) electrons. The Balaban J connectivity index is 1.38. The number of carbonyl (C=O) groups is 5. The van der Waals surface area contributed by atoms with E-state index in [1.165, 1.54) is 11.4 Å². The van der Waals surface area contributed by atoms with Crippen molar-refractivity contribution in [2.45, 2.75) is 118 Å². The first-order valence-electron chi connectivity index (χ1n) is 19.8. The molecular formula is C40H62N6O7S. The Morgan fingerprint density at radius 2 is 1.61 bits per heavy atom. The minimum absolute atomic E-state index is 0.0455. The summed E-state index contributed by atoms with van der Waals surface area (Å²) in [5, 5.41) is 11.6. The average molecular weight is 771 g/mol. The minimum atomic E-state index is -3.51. The van der Waals surface area contributed by atoms with Gasteiger partial charge in [-0.1, -0.05) is 78.6 Å². The third-order valence-corrected chi connectivity index (χ3v) is 14.3. The molecule has 1 aliphatic heterocycles. The van der Waals surface area contributed by atoms with Gasteiger partial charge in [0.05, 0.1) is 11.8 Å². The number of likely N-dealkylation sites (N-methyl/N-ethyl adjacent to an activating group) is 1. The highest BCUT2D eigenvalue weighted by Crippen LogP contribution is 2.65. The number of fused-ring (bicyclic) bond motifs is 2. The molecule has 4 aliphatic rings. The van der Waals surface area contributed by atoms with E-state index in [4.69, 9.17) is 0 Å². The summed E-state index contributed by atoms with van der Waals surface area (Å²) in [5.74, 6) is -2.27. The number of benzene rings is 1. The number of Topliss-reactive ketones (excluding diaryl/α,β-unsaturated/α-hetero) is 1. The molecule has 0 spiro atoms. The molecular weight excluding hydrogens is 709 g/mol. The van der Waals surface area contributed by atoms with Gasteiger partial charge in [0.2, 0.25) is 27.6 Å². The number of hydrogen-bond donors (Lipinski definition) is 4. The number of unbranched alkanes of at least 4 members (excludes halogenated alkanes) is 1. The summed E-state index contributed by atoms with van der Waals surface area (Å²) in [7, 11) is -2.02. The van der Waals surface area contributed by atoms with Gasteiger partial charge in [-0.25, -0.2) is 17.5 Å². The summed E-state index contributed by atoms with van der Waals surface area (Å²) in [6.07, 6.45) is 4.88. The van der Waals surface area contributed by atoms with Crippen LogP contribution in [0.1, 0.15) is 91.7 Å². The van der Waals surface area contributed by atoms with E-state index in [1.807, 2.05) is 52.0 Å². The molecule has 4 N–H and O–H groups in total. The zero-order chi connectivity index (χ0) is 39.7. The predicted molar refractivity (Wildman–Crippen MR) is 207 cm³/mol. The van der Waals surface area contributed by atoms with Crippen molar-refractivity contribution in [1.82, 2.24) is 30.5 Å². The van der Waals surface area contributed by atoms with Crippen molar-refractivity contribution in [2.75, 3.05) is 32.4 Å². The topological polar surface area (TPSA) is 174 Å². The van der Waals surface area contributed by atoms with Crippen LogP contribution in [-0.2, 0) is 42.0 Å². The Morgan fingerprint density at radius 3 is 2.17 bits per heavy atom. The van der Waals surface area contributed by atoms with Crippen LogP contribution in [-0.4, -0.2) is 104 Å². The number of likely N-dealkylation sites (tertiary alicyclic amines) is 1. The first-order chi connectivity index (χ1) is 25.3.